The topological polar surface area (TPSA) is 0 Å². The summed E-state index contributed by atoms with van der Waals surface area (Å²) in [6.45, 7) is 5.64. The van der Waals surface area contributed by atoms with Gasteiger partial charge in [-0.05, 0) is 6.92 Å². The zero-order valence-corrected chi connectivity index (χ0v) is 65.8. The molecule has 0 rings (SSSR count). The first-order valence-corrected chi connectivity index (χ1v) is 37.7. The van der Waals surface area contributed by atoms with E-state index in [0.717, 1.165) is 0 Å². The maximum absolute atomic E-state index is 3.64. The summed E-state index contributed by atoms with van der Waals surface area (Å²) < 4.78 is 0. The summed E-state index contributed by atoms with van der Waals surface area (Å²) in [5.41, 5.74) is 0. The van der Waals surface area contributed by atoms with Crippen molar-refractivity contribution in [1.82, 2.24) is 0 Å². The molecule has 0 aliphatic carbocycles. The van der Waals surface area contributed by atoms with Crippen molar-refractivity contribution in [3.8, 4) is 0 Å². The van der Waals surface area contributed by atoms with Gasteiger partial charge < -0.3 is 0 Å². The third-order valence-corrected chi connectivity index (χ3v) is 12.3. The first-order chi connectivity index (χ1) is 56.4. The highest BCUT2D eigenvalue weighted by Crippen LogP contribution is 1.97. The van der Waals surface area contributed by atoms with Crippen LogP contribution >= 0.6 is 0 Å². The van der Waals surface area contributed by atoms with E-state index in [1.54, 1.807) is 6.08 Å². The van der Waals surface area contributed by atoms with Crippen molar-refractivity contribution in [3.05, 3.63) is 681 Å². The second-order valence-electron chi connectivity index (χ2n) is 21.5. The Hall–Kier alpha value is -14.6. The predicted octanol–water partition coefficient (Wildman–Crippen LogP) is 31.8. The molecule has 0 saturated carbocycles. The smallest absolute Gasteiger partial charge is 0.0467 e. The van der Waals surface area contributed by atoms with Crippen LogP contribution in [0.3, 0.4) is 0 Å². The Labute approximate surface area is 683 Å². The highest BCUT2D eigenvalue weighted by atomic mass is 13.8. The summed E-state index contributed by atoms with van der Waals surface area (Å²) in [6.07, 6.45) is 221. The van der Waals surface area contributed by atoms with Crippen molar-refractivity contribution in [3.63, 3.8) is 0 Å². The average Bonchev–Trinajstić information content (AvgIpc) is 3.32. The van der Waals surface area contributed by atoms with Crippen molar-refractivity contribution in [2.75, 3.05) is 0 Å². The van der Waals surface area contributed by atoms with Crippen molar-refractivity contribution in [2.45, 2.75) is 6.92 Å². The number of rotatable bonds is 55. The number of allylic oxidation sites excluding steroid dienone is 111. The van der Waals surface area contributed by atoms with Crippen LogP contribution in [0, 0.1) is 0 Å². The lowest BCUT2D eigenvalue weighted by Gasteiger charge is -1.77. The van der Waals surface area contributed by atoms with E-state index in [1.807, 2.05) is 675 Å². The molecule has 0 saturated heterocycles. The van der Waals surface area contributed by atoms with Gasteiger partial charge in [0.1, 0.15) is 0 Å². The Morgan fingerprint density at radius 1 is 0.0708 bits per heavy atom. The van der Waals surface area contributed by atoms with Gasteiger partial charge in [-0.25, -0.2) is 0 Å². The molecule has 0 radical (unpaired) electrons. The first kappa shape index (κ1) is 98.4. The standard InChI is InChI=1S/C113H116/c1-3-5-7-9-11-13-15-17-19-21-23-25-27-29-31-33-35-37-39-41-43-45-47-49-51-53-55-57-59-61-63-65-67-69-71-73-75-77-79-81-83-85-87-89-91-93-95-97-99-101-103-105-107-109-111-113-112-110-108-106-104-102-100-98-96-94-92-90-88-86-84-82-80-78-76-74-72-70-68-66-64-62-60-58-56-54-52-50-48-46-44-42-40-38-36-34-32-30-28-26-24-22-20-18-16-14-12-10-8-6-4-2/h3-113H,1H2,2H3. The summed E-state index contributed by atoms with van der Waals surface area (Å²) >= 11 is 0. The van der Waals surface area contributed by atoms with Gasteiger partial charge in [0.05, 0.1) is 0 Å². The monoisotopic (exact) mass is 1470 g/mol. The fraction of sp³-hybridized carbons (Fsp3) is 0.00885. The van der Waals surface area contributed by atoms with Gasteiger partial charge in [-0.15, -0.1) is 0 Å². The maximum atomic E-state index is 3.64. The molecular formula is C113H116. The van der Waals surface area contributed by atoms with Crippen LogP contribution in [0.2, 0.25) is 0 Å². The third kappa shape index (κ3) is 97.4. The first-order valence-electron chi connectivity index (χ1n) is 37.7. The SMILES string of the molecule is C=CC=CC=CC=CC=CC=CC=CC=CC=CC=CC=CC=CC=CC=CC=CC=CC=CC=CC=CC=CC=CC=CC=CC=CC=CC=CC=CC=CC=CC=CC=CC=CC=CC=CC=CC=CC=CC=CC=CC=CC=CC=CC=CC=CC=CC=CC=CC=CC=CC=CC=CC=CC=CC=CC=CC=CC. The molecule has 0 aliphatic rings. The summed E-state index contributed by atoms with van der Waals surface area (Å²) in [5.74, 6) is 0. The summed E-state index contributed by atoms with van der Waals surface area (Å²) in [7, 11) is 0. The summed E-state index contributed by atoms with van der Waals surface area (Å²) in [6, 6.07) is 0. The van der Waals surface area contributed by atoms with Crippen LogP contribution in [0.1, 0.15) is 6.92 Å². The van der Waals surface area contributed by atoms with Crippen LogP contribution in [0.25, 0.3) is 0 Å². The van der Waals surface area contributed by atoms with Gasteiger partial charge in [0.25, 0.3) is 0 Å². The molecule has 0 nitrogen and oxygen atoms in total. The van der Waals surface area contributed by atoms with Crippen LogP contribution in [0.15, 0.2) is 681 Å². The lowest BCUT2D eigenvalue weighted by Crippen LogP contribution is -1.55. The lowest BCUT2D eigenvalue weighted by atomic mass is 10.3. The van der Waals surface area contributed by atoms with Crippen LogP contribution < -0.4 is 0 Å². The molecule has 0 aromatic heterocycles. The van der Waals surface area contributed by atoms with Gasteiger partial charge in [-0.2, -0.15) is 0 Å². The zero-order chi connectivity index (χ0) is 80.5. The van der Waals surface area contributed by atoms with Crippen LogP contribution in [-0.4, -0.2) is 0 Å². The molecule has 0 bridgehead atoms. The van der Waals surface area contributed by atoms with E-state index < -0.39 is 0 Å². The Morgan fingerprint density at radius 2 is 0.115 bits per heavy atom. The Balaban J connectivity index is 4.13. The van der Waals surface area contributed by atoms with E-state index >= 15 is 0 Å². The highest BCUT2D eigenvalue weighted by Gasteiger charge is 1.75. The summed E-state index contributed by atoms with van der Waals surface area (Å²) in [5, 5.41) is 0. The fourth-order valence-electron chi connectivity index (χ4n) is 7.05. The normalized spacial score (nSPS) is 15.7. The number of hydrogen-bond donors (Lipinski definition) is 0. The Bertz CT molecular complexity index is 4180. The van der Waals surface area contributed by atoms with E-state index in [0.29, 0.717) is 0 Å². The van der Waals surface area contributed by atoms with Crippen LogP contribution in [0.5, 0.6) is 0 Å². The van der Waals surface area contributed by atoms with Gasteiger partial charge in [0.2, 0.25) is 0 Å². The highest BCUT2D eigenvalue weighted by molar-refractivity contribution is 5.32. The van der Waals surface area contributed by atoms with Gasteiger partial charge in [0, 0.05) is 0 Å². The van der Waals surface area contributed by atoms with E-state index in [4.69, 9.17) is 0 Å². The fourth-order valence-corrected chi connectivity index (χ4v) is 7.05. The molecule has 113 heavy (non-hydrogen) atoms. The minimum absolute atomic E-state index is 1.75. The third-order valence-electron chi connectivity index (χ3n) is 12.3. The number of hydrogen-bond acceptors (Lipinski definition) is 0. The molecule has 0 aromatic carbocycles. The minimum atomic E-state index is 1.75. The molecule has 0 heteroatoms. The van der Waals surface area contributed by atoms with E-state index in [1.165, 1.54) is 0 Å². The molecule has 0 unspecified atom stereocenters. The molecular weight excluding hydrogens is 1360 g/mol. The maximum Gasteiger partial charge on any atom is -0.0467 e. The molecule has 0 aromatic rings. The Morgan fingerprint density at radius 3 is 0.159 bits per heavy atom. The van der Waals surface area contributed by atoms with E-state index in [-0.39, 0.29) is 0 Å². The van der Waals surface area contributed by atoms with Gasteiger partial charge in [-0.3, -0.25) is 0 Å². The van der Waals surface area contributed by atoms with Gasteiger partial charge >= 0.3 is 0 Å². The largest absolute Gasteiger partial charge is 0.0991 e. The average molecular weight is 1470 g/mol. The van der Waals surface area contributed by atoms with Gasteiger partial charge in [-0.1, -0.05) is 681 Å². The molecule has 0 fully saturated rings. The molecule has 0 aliphatic heterocycles. The van der Waals surface area contributed by atoms with Crippen LogP contribution in [0.4, 0.5) is 0 Å². The van der Waals surface area contributed by atoms with Gasteiger partial charge in [0.15, 0.2) is 0 Å². The second kappa shape index (κ2) is 97.4. The van der Waals surface area contributed by atoms with Crippen molar-refractivity contribution >= 4 is 0 Å². The van der Waals surface area contributed by atoms with Crippen molar-refractivity contribution < 1.29 is 0 Å². The Kier molecular flexibility index (Phi) is 84.9. The molecule has 0 atom stereocenters. The van der Waals surface area contributed by atoms with Crippen molar-refractivity contribution in [2.24, 2.45) is 0 Å². The molecule has 568 valence electrons. The zero-order valence-electron chi connectivity index (χ0n) is 65.8. The molecule has 0 amide bonds. The molecule has 0 heterocycles. The lowest BCUT2D eigenvalue weighted by molar-refractivity contribution is 1.73. The summed E-state index contributed by atoms with van der Waals surface area (Å²) in [4.78, 5) is 0. The van der Waals surface area contributed by atoms with E-state index in [2.05, 4.69) is 6.58 Å². The van der Waals surface area contributed by atoms with Crippen molar-refractivity contribution in [1.29, 1.82) is 0 Å². The minimum Gasteiger partial charge on any atom is -0.0991 e. The quantitative estimate of drug-likeness (QED) is 0.0533. The molecule has 0 spiro atoms. The predicted molar refractivity (Wildman–Crippen MR) is 519 cm³/mol. The van der Waals surface area contributed by atoms with E-state index in [9.17, 15) is 0 Å². The second-order valence-corrected chi connectivity index (χ2v) is 21.5. The molecule has 0 N–H and O–H groups in total. The van der Waals surface area contributed by atoms with Crippen LogP contribution in [-0.2, 0) is 0 Å².